The number of imide groups is 1. The molecule has 0 aliphatic carbocycles. The van der Waals surface area contributed by atoms with Gasteiger partial charge in [-0.1, -0.05) is 11.6 Å². The van der Waals surface area contributed by atoms with E-state index in [1.54, 1.807) is 38.1 Å². The molecule has 2 aromatic carbocycles. The first kappa shape index (κ1) is 20.4. The van der Waals surface area contributed by atoms with E-state index in [9.17, 15) is 27.6 Å². The van der Waals surface area contributed by atoms with Gasteiger partial charge in [0.15, 0.2) is 0 Å². The van der Waals surface area contributed by atoms with E-state index in [2.05, 4.69) is 5.32 Å². The molecular formula is C20H18F3N3O3. The highest BCUT2D eigenvalue weighted by atomic mass is 19.4. The lowest BCUT2D eigenvalue weighted by Crippen LogP contribution is -2.37. The molecule has 0 unspecified atom stereocenters. The van der Waals surface area contributed by atoms with Crippen molar-refractivity contribution in [1.82, 2.24) is 4.90 Å². The normalized spacial score (nSPS) is 13.5. The van der Waals surface area contributed by atoms with Crippen molar-refractivity contribution in [2.75, 3.05) is 30.9 Å². The van der Waals surface area contributed by atoms with E-state index in [4.69, 9.17) is 0 Å². The third kappa shape index (κ3) is 3.94. The number of nitrogens with zero attached hydrogens (tertiary/aromatic N) is 2. The third-order valence-electron chi connectivity index (χ3n) is 4.51. The minimum atomic E-state index is -4.58. The van der Waals surface area contributed by atoms with Crippen LogP contribution in [0.2, 0.25) is 0 Å². The van der Waals surface area contributed by atoms with Crippen LogP contribution in [-0.2, 0) is 11.0 Å². The van der Waals surface area contributed by atoms with Gasteiger partial charge in [0, 0.05) is 14.1 Å². The van der Waals surface area contributed by atoms with E-state index in [1.807, 2.05) is 0 Å². The Hall–Kier alpha value is -3.36. The standard InChI is InChI=1S/C20H18F3N3O3/c1-11-4-6-13-14(8-11)19(29)26(18(13)28)10-17(27)24-15-9-12(20(21,22)23)5-7-16(15)25(2)3/h4-9H,10H2,1-3H3,(H,24,27). The Morgan fingerprint density at radius 3 is 2.31 bits per heavy atom. The maximum Gasteiger partial charge on any atom is 0.416 e. The van der Waals surface area contributed by atoms with Crippen LogP contribution in [0.25, 0.3) is 0 Å². The second-order valence-corrected chi connectivity index (χ2v) is 6.92. The molecule has 0 fully saturated rings. The fourth-order valence-electron chi connectivity index (χ4n) is 3.08. The van der Waals surface area contributed by atoms with E-state index in [0.717, 1.165) is 22.6 Å². The predicted octanol–water partition coefficient (Wildman–Crippen LogP) is 3.31. The number of rotatable bonds is 4. The molecule has 0 saturated heterocycles. The monoisotopic (exact) mass is 405 g/mol. The highest BCUT2D eigenvalue weighted by molar-refractivity contribution is 6.22. The van der Waals surface area contributed by atoms with Crippen molar-refractivity contribution in [3.8, 4) is 0 Å². The average molecular weight is 405 g/mol. The van der Waals surface area contributed by atoms with Crippen molar-refractivity contribution in [1.29, 1.82) is 0 Å². The fraction of sp³-hybridized carbons (Fsp3) is 0.250. The molecule has 0 radical (unpaired) electrons. The summed E-state index contributed by atoms with van der Waals surface area (Å²) in [7, 11) is 3.23. The molecule has 0 atom stereocenters. The van der Waals surface area contributed by atoms with Gasteiger partial charge < -0.3 is 10.2 Å². The molecule has 0 aromatic heterocycles. The zero-order chi connectivity index (χ0) is 21.5. The predicted molar refractivity (Wildman–Crippen MR) is 101 cm³/mol. The van der Waals surface area contributed by atoms with Crippen LogP contribution in [0.15, 0.2) is 36.4 Å². The van der Waals surface area contributed by atoms with E-state index >= 15 is 0 Å². The van der Waals surface area contributed by atoms with Crippen LogP contribution in [0, 0.1) is 6.92 Å². The molecule has 1 heterocycles. The lowest BCUT2D eigenvalue weighted by atomic mass is 10.1. The van der Waals surface area contributed by atoms with Crippen LogP contribution < -0.4 is 10.2 Å². The molecule has 0 saturated carbocycles. The number of halogens is 3. The molecule has 29 heavy (non-hydrogen) atoms. The second kappa shape index (κ2) is 7.23. The van der Waals surface area contributed by atoms with Gasteiger partial charge in [-0.3, -0.25) is 19.3 Å². The van der Waals surface area contributed by atoms with Crippen LogP contribution in [0.3, 0.4) is 0 Å². The summed E-state index contributed by atoms with van der Waals surface area (Å²) < 4.78 is 39.1. The first-order valence-electron chi connectivity index (χ1n) is 8.64. The number of hydrogen-bond donors (Lipinski definition) is 1. The van der Waals surface area contributed by atoms with Crippen molar-refractivity contribution in [3.63, 3.8) is 0 Å². The Morgan fingerprint density at radius 1 is 1.03 bits per heavy atom. The van der Waals surface area contributed by atoms with Gasteiger partial charge in [0.1, 0.15) is 6.54 Å². The number of hydrogen-bond acceptors (Lipinski definition) is 4. The summed E-state index contributed by atoms with van der Waals surface area (Å²) in [5.74, 6) is -2.00. The lowest BCUT2D eigenvalue weighted by molar-refractivity contribution is -0.137. The van der Waals surface area contributed by atoms with Gasteiger partial charge in [0.2, 0.25) is 5.91 Å². The average Bonchev–Trinajstić information content (AvgIpc) is 2.85. The van der Waals surface area contributed by atoms with Gasteiger partial charge in [-0.2, -0.15) is 13.2 Å². The first-order chi connectivity index (χ1) is 13.5. The number of nitrogens with one attached hydrogen (secondary N) is 1. The Morgan fingerprint density at radius 2 is 1.69 bits per heavy atom. The van der Waals surface area contributed by atoms with E-state index in [-0.39, 0.29) is 16.8 Å². The Kier molecular flexibility index (Phi) is 5.08. The number of carbonyl (C=O) groups excluding carboxylic acids is 3. The van der Waals surface area contributed by atoms with Crippen LogP contribution in [0.5, 0.6) is 0 Å². The minimum absolute atomic E-state index is 0.0673. The Balaban J connectivity index is 1.83. The Bertz CT molecular complexity index is 1020. The number of fused-ring (bicyclic) bond motifs is 1. The van der Waals surface area contributed by atoms with Gasteiger partial charge in [-0.25, -0.2) is 0 Å². The molecule has 9 heteroatoms. The molecule has 1 aliphatic heterocycles. The summed E-state index contributed by atoms with van der Waals surface area (Å²) in [6.45, 7) is 1.17. The molecule has 3 amide bonds. The smallest absolute Gasteiger partial charge is 0.376 e. The summed E-state index contributed by atoms with van der Waals surface area (Å²) in [5.41, 5.74) is 0.550. The topological polar surface area (TPSA) is 69.7 Å². The van der Waals surface area contributed by atoms with Crippen LogP contribution >= 0.6 is 0 Å². The number of alkyl halides is 3. The fourth-order valence-corrected chi connectivity index (χ4v) is 3.08. The molecule has 152 valence electrons. The van der Waals surface area contributed by atoms with Crippen molar-refractivity contribution >= 4 is 29.1 Å². The molecule has 3 rings (SSSR count). The van der Waals surface area contributed by atoms with E-state index < -0.39 is 36.0 Å². The van der Waals surface area contributed by atoms with Crippen LogP contribution in [-0.4, -0.2) is 43.3 Å². The van der Waals surface area contributed by atoms with Gasteiger partial charge in [0.05, 0.1) is 28.1 Å². The number of carbonyl (C=O) groups is 3. The van der Waals surface area contributed by atoms with E-state index in [1.165, 1.54) is 12.1 Å². The largest absolute Gasteiger partial charge is 0.416 e. The molecule has 1 N–H and O–H groups in total. The first-order valence-corrected chi connectivity index (χ1v) is 8.64. The number of amides is 3. The third-order valence-corrected chi connectivity index (χ3v) is 4.51. The molecule has 1 aliphatic rings. The number of benzene rings is 2. The summed E-state index contributed by atoms with van der Waals surface area (Å²) in [6, 6.07) is 7.73. The maximum atomic E-state index is 13.0. The maximum absolute atomic E-state index is 13.0. The van der Waals surface area contributed by atoms with E-state index in [0.29, 0.717) is 5.69 Å². The van der Waals surface area contributed by atoms with Crippen molar-refractivity contribution in [2.24, 2.45) is 0 Å². The summed E-state index contributed by atoms with van der Waals surface area (Å²) in [4.78, 5) is 39.7. The number of anilines is 2. The molecule has 0 spiro atoms. The van der Waals surface area contributed by atoms with Crippen LogP contribution in [0.4, 0.5) is 24.5 Å². The number of aryl methyl sites for hydroxylation is 1. The zero-order valence-electron chi connectivity index (χ0n) is 15.9. The minimum Gasteiger partial charge on any atom is -0.376 e. The summed E-state index contributed by atoms with van der Waals surface area (Å²) in [5, 5.41) is 2.38. The highest BCUT2D eigenvalue weighted by Crippen LogP contribution is 2.35. The van der Waals surface area contributed by atoms with Crippen molar-refractivity contribution in [3.05, 3.63) is 58.7 Å². The van der Waals surface area contributed by atoms with Gasteiger partial charge in [0.25, 0.3) is 11.8 Å². The SMILES string of the molecule is Cc1ccc2c(c1)C(=O)N(CC(=O)Nc1cc(C(F)(F)F)ccc1N(C)C)C2=O. The Labute approximate surface area is 164 Å². The summed E-state index contributed by atoms with van der Waals surface area (Å²) >= 11 is 0. The molecule has 6 nitrogen and oxygen atoms in total. The quantitative estimate of drug-likeness (QED) is 0.793. The second-order valence-electron chi connectivity index (χ2n) is 6.92. The zero-order valence-corrected chi connectivity index (χ0v) is 15.9. The van der Waals surface area contributed by atoms with Gasteiger partial charge in [-0.15, -0.1) is 0 Å². The molecular weight excluding hydrogens is 387 g/mol. The summed E-state index contributed by atoms with van der Waals surface area (Å²) in [6.07, 6.45) is -4.58. The lowest BCUT2D eigenvalue weighted by Gasteiger charge is -2.20. The van der Waals surface area contributed by atoms with Crippen molar-refractivity contribution < 1.29 is 27.6 Å². The van der Waals surface area contributed by atoms with Gasteiger partial charge in [-0.05, 0) is 37.3 Å². The van der Waals surface area contributed by atoms with Crippen molar-refractivity contribution in [2.45, 2.75) is 13.1 Å². The van der Waals surface area contributed by atoms with Gasteiger partial charge >= 0.3 is 6.18 Å². The highest BCUT2D eigenvalue weighted by Gasteiger charge is 2.37. The molecule has 2 aromatic rings. The van der Waals surface area contributed by atoms with Crippen LogP contribution in [0.1, 0.15) is 31.8 Å². The molecule has 0 bridgehead atoms.